The number of nitrogens with zero attached hydrogens (tertiary/aromatic N) is 1. The van der Waals surface area contributed by atoms with Crippen molar-refractivity contribution in [3.8, 4) is 5.88 Å². The summed E-state index contributed by atoms with van der Waals surface area (Å²) in [6.45, 7) is -0.882. The van der Waals surface area contributed by atoms with Crippen molar-refractivity contribution in [3.63, 3.8) is 0 Å². The highest BCUT2D eigenvalue weighted by Gasteiger charge is 2.34. The quantitative estimate of drug-likeness (QED) is 0.685. The van der Waals surface area contributed by atoms with Gasteiger partial charge in [0, 0.05) is 0 Å². The Kier molecular flexibility index (Phi) is 4.79. The molecule has 1 heterocycles. The van der Waals surface area contributed by atoms with E-state index in [2.05, 4.69) is 21.9 Å². The van der Waals surface area contributed by atoms with E-state index in [4.69, 9.17) is 5.73 Å². The summed E-state index contributed by atoms with van der Waals surface area (Å²) in [4.78, 5) is 2.78. The number of hydrogen-bond donors (Lipinski definition) is 1. The van der Waals surface area contributed by atoms with Crippen molar-refractivity contribution < 1.29 is 31.1 Å². The second-order valence-corrected chi connectivity index (χ2v) is 4.06. The number of ether oxygens (including phenoxy) is 1. The normalized spacial score (nSPS) is 12.3. The summed E-state index contributed by atoms with van der Waals surface area (Å²) in [5.41, 5.74) is 3.78. The molecule has 112 valence electrons. The Hall–Kier alpha value is -1.58. The summed E-state index contributed by atoms with van der Waals surface area (Å²) in [6.07, 6.45) is -10.6. The standard InChI is InChI=1S/C10H8F6N2OS/c11-9(12,13)3-4-19-8-5(7(17)20)1-2-6(18-8)10(14,15)16/h1-2H,3-4H2,(H2,17,20). The highest BCUT2D eigenvalue weighted by Crippen LogP contribution is 2.30. The van der Waals surface area contributed by atoms with Crippen LogP contribution < -0.4 is 10.5 Å². The molecule has 0 spiro atoms. The summed E-state index contributed by atoms with van der Waals surface area (Å²) in [6, 6.07) is 1.52. The summed E-state index contributed by atoms with van der Waals surface area (Å²) in [5.74, 6) is -0.670. The summed E-state index contributed by atoms with van der Waals surface area (Å²) < 4.78 is 77.8. The molecular weight excluding hydrogens is 310 g/mol. The smallest absolute Gasteiger partial charge is 0.433 e. The maximum Gasteiger partial charge on any atom is 0.433 e. The molecule has 0 fully saturated rings. The van der Waals surface area contributed by atoms with E-state index in [1.807, 2.05) is 0 Å². The number of nitrogens with two attached hydrogens (primary N) is 1. The fraction of sp³-hybridized carbons (Fsp3) is 0.400. The van der Waals surface area contributed by atoms with Gasteiger partial charge in [-0.25, -0.2) is 4.98 Å². The molecule has 2 N–H and O–H groups in total. The fourth-order valence-corrected chi connectivity index (χ4v) is 1.31. The molecular formula is C10H8F6N2OS. The van der Waals surface area contributed by atoms with Crippen LogP contribution in [0.5, 0.6) is 5.88 Å². The van der Waals surface area contributed by atoms with Crippen LogP contribution in [0.15, 0.2) is 12.1 Å². The Morgan fingerprint density at radius 1 is 1.20 bits per heavy atom. The van der Waals surface area contributed by atoms with E-state index < -0.39 is 37.0 Å². The van der Waals surface area contributed by atoms with Gasteiger partial charge in [-0.3, -0.25) is 0 Å². The van der Waals surface area contributed by atoms with Crippen molar-refractivity contribution in [1.29, 1.82) is 0 Å². The number of aromatic nitrogens is 1. The zero-order chi connectivity index (χ0) is 15.6. The SMILES string of the molecule is NC(=S)c1ccc(C(F)(F)F)nc1OCCC(F)(F)F. The van der Waals surface area contributed by atoms with Gasteiger partial charge in [-0.05, 0) is 12.1 Å². The lowest BCUT2D eigenvalue weighted by molar-refractivity contribution is -0.143. The van der Waals surface area contributed by atoms with Crippen LogP contribution in [0.2, 0.25) is 0 Å². The zero-order valence-electron chi connectivity index (χ0n) is 9.68. The maximum absolute atomic E-state index is 12.4. The molecule has 0 aliphatic carbocycles. The van der Waals surface area contributed by atoms with Gasteiger partial charge in [0.2, 0.25) is 5.88 Å². The van der Waals surface area contributed by atoms with Gasteiger partial charge in [-0.15, -0.1) is 0 Å². The van der Waals surface area contributed by atoms with Crippen LogP contribution in [0.1, 0.15) is 17.7 Å². The molecule has 20 heavy (non-hydrogen) atoms. The van der Waals surface area contributed by atoms with Crippen LogP contribution >= 0.6 is 12.2 Å². The molecule has 0 saturated carbocycles. The number of halogens is 6. The molecule has 0 atom stereocenters. The van der Waals surface area contributed by atoms with E-state index >= 15 is 0 Å². The topological polar surface area (TPSA) is 48.1 Å². The fourth-order valence-electron chi connectivity index (χ4n) is 1.16. The van der Waals surface area contributed by atoms with Gasteiger partial charge < -0.3 is 10.5 Å². The van der Waals surface area contributed by atoms with Crippen molar-refractivity contribution in [1.82, 2.24) is 4.98 Å². The molecule has 0 bridgehead atoms. The minimum Gasteiger partial charge on any atom is -0.477 e. The first-order valence-electron chi connectivity index (χ1n) is 5.08. The molecule has 0 amide bonds. The number of hydrogen-bond acceptors (Lipinski definition) is 3. The molecule has 0 saturated heterocycles. The second-order valence-electron chi connectivity index (χ2n) is 3.62. The molecule has 1 aromatic rings. The largest absolute Gasteiger partial charge is 0.477 e. The van der Waals surface area contributed by atoms with Crippen LogP contribution in [0.4, 0.5) is 26.3 Å². The predicted octanol–water partition coefficient (Wildman–Crippen LogP) is 3.07. The molecule has 3 nitrogen and oxygen atoms in total. The van der Waals surface area contributed by atoms with Gasteiger partial charge in [0.15, 0.2) is 0 Å². The van der Waals surface area contributed by atoms with Crippen LogP contribution in [0.25, 0.3) is 0 Å². The molecule has 0 aliphatic heterocycles. The summed E-state index contributed by atoms with van der Waals surface area (Å²) >= 11 is 4.56. The molecule has 0 radical (unpaired) electrons. The first-order chi connectivity index (χ1) is 9.00. The number of pyridine rings is 1. The van der Waals surface area contributed by atoms with Crippen molar-refractivity contribution in [2.45, 2.75) is 18.8 Å². The minimum atomic E-state index is -4.75. The van der Waals surface area contributed by atoms with Gasteiger partial charge in [0.25, 0.3) is 0 Å². The average Bonchev–Trinajstić information content (AvgIpc) is 2.25. The van der Waals surface area contributed by atoms with Crippen LogP contribution in [-0.2, 0) is 6.18 Å². The lowest BCUT2D eigenvalue weighted by Crippen LogP contribution is -2.18. The minimum absolute atomic E-state index is 0.157. The monoisotopic (exact) mass is 318 g/mol. The van der Waals surface area contributed by atoms with E-state index in [-0.39, 0.29) is 10.6 Å². The maximum atomic E-state index is 12.4. The van der Waals surface area contributed by atoms with E-state index in [1.165, 1.54) is 0 Å². The third-order valence-electron chi connectivity index (χ3n) is 2.04. The average molecular weight is 318 g/mol. The first-order valence-corrected chi connectivity index (χ1v) is 5.49. The molecule has 0 aliphatic rings. The van der Waals surface area contributed by atoms with Crippen molar-refractivity contribution in [2.24, 2.45) is 5.73 Å². The van der Waals surface area contributed by atoms with E-state index in [0.29, 0.717) is 6.07 Å². The Labute approximate surface area is 114 Å². The van der Waals surface area contributed by atoms with Gasteiger partial charge in [-0.2, -0.15) is 26.3 Å². The van der Waals surface area contributed by atoms with Crippen LogP contribution in [-0.4, -0.2) is 22.8 Å². The van der Waals surface area contributed by atoms with Crippen LogP contribution in [0.3, 0.4) is 0 Å². The first kappa shape index (κ1) is 16.5. The van der Waals surface area contributed by atoms with Crippen molar-refractivity contribution in [2.75, 3.05) is 6.61 Å². The third kappa shape index (κ3) is 4.83. The van der Waals surface area contributed by atoms with E-state index in [1.54, 1.807) is 0 Å². The molecule has 1 rings (SSSR count). The second kappa shape index (κ2) is 5.81. The van der Waals surface area contributed by atoms with E-state index in [0.717, 1.165) is 6.07 Å². The molecule has 10 heteroatoms. The van der Waals surface area contributed by atoms with Crippen molar-refractivity contribution >= 4 is 17.2 Å². The number of thiocarbonyl (C=S) groups is 1. The molecule has 1 aromatic heterocycles. The van der Waals surface area contributed by atoms with Crippen LogP contribution in [0, 0.1) is 0 Å². The third-order valence-corrected chi connectivity index (χ3v) is 2.26. The lowest BCUT2D eigenvalue weighted by atomic mass is 10.2. The van der Waals surface area contributed by atoms with Gasteiger partial charge in [0.05, 0.1) is 18.6 Å². The number of alkyl halides is 6. The van der Waals surface area contributed by atoms with Crippen molar-refractivity contribution in [3.05, 3.63) is 23.4 Å². The van der Waals surface area contributed by atoms with E-state index in [9.17, 15) is 26.3 Å². The molecule has 0 unspecified atom stereocenters. The predicted molar refractivity (Wildman–Crippen MR) is 61.3 cm³/mol. The summed E-state index contributed by atoms with van der Waals surface area (Å²) in [5, 5.41) is 0. The Morgan fingerprint density at radius 3 is 2.25 bits per heavy atom. The summed E-state index contributed by atoms with van der Waals surface area (Å²) in [7, 11) is 0. The molecule has 0 aromatic carbocycles. The number of rotatable bonds is 4. The Bertz CT molecular complexity index is 500. The lowest BCUT2D eigenvalue weighted by Gasteiger charge is -2.13. The highest BCUT2D eigenvalue weighted by molar-refractivity contribution is 7.80. The Morgan fingerprint density at radius 2 is 1.80 bits per heavy atom. The van der Waals surface area contributed by atoms with Gasteiger partial charge in [-0.1, -0.05) is 12.2 Å². The Balaban J connectivity index is 2.98. The van der Waals surface area contributed by atoms with Gasteiger partial charge in [0.1, 0.15) is 10.7 Å². The van der Waals surface area contributed by atoms with Gasteiger partial charge >= 0.3 is 12.4 Å². The highest BCUT2D eigenvalue weighted by atomic mass is 32.1. The zero-order valence-corrected chi connectivity index (χ0v) is 10.5.